The number of rotatable bonds is 0. The van der Waals surface area contributed by atoms with Crippen molar-refractivity contribution in [1.82, 2.24) is 0 Å². The molecule has 0 radical (unpaired) electrons. The van der Waals surface area contributed by atoms with Gasteiger partial charge in [-0.2, -0.15) is 0 Å². The summed E-state index contributed by atoms with van der Waals surface area (Å²) >= 11 is 0. The number of anilines is 1. The second kappa shape index (κ2) is 2.78. The SMILES string of the molecule is CN1c2ccccc2C=C(N)C1O. The van der Waals surface area contributed by atoms with Crippen LogP contribution in [0.5, 0.6) is 0 Å². The Bertz CT molecular complexity index is 360. The van der Waals surface area contributed by atoms with Crippen LogP contribution in [0.2, 0.25) is 0 Å². The standard InChI is InChI=1S/C10H12N2O/c1-12-9-5-3-2-4-7(9)6-8(11)10(12)13/h2-6,10,13H,11H2,1H3. The molecule has 1 heterocycles. The van der Waals surface area contributed by atoms with Crippen molar-refractivity contribution in [3.63, 3.8) is 0 Å². The molecule has 0 fully saturated rings. The lowest BCUT2D eigenvalue weighted by molar-refractivity contribution is 0.209. The first kappa shape index (κ1) is 8.13. The zero-order valence-corrected chi connectivity index (χ0v) is 7.44. The molecule has 1 aromatic rings. The van der Waals surface area contributed by atoms with E-state index >= 15 is 0 Å². The summed E-state index contributed by atoms with van der Waals surface area (Å²) in [5, 5.41) is 9.63. The quantitative estimate of drug-likeness (QED) is 0.613. The highest BCUT2D eigenvalue weighted by Crippen LogP contribution is 2.28. The molecule has 0 aliphatic carbocycles. The smallest absolute Gasteiger partial charge is 0.167 e. The molecule has 13 heavy (non-hydrogen) atoms. The van der Waals surface area contributed by atoms with E-state index in [1.54, 1.807) is 11.0 Å². The van der Waals surface area contributed by atoms with Crippen molar-refractivity contribution in [2.45, 2.75) is 6.23 Å². The van der Waals surface area contributed by atoms with Crippen LogP contribution in [-0.2, 0) is 0 Å². The summed E-state index contributed by atoms with van der Waals surface area (Å²) in [5.41, 5.74) is 8.19. The molecule has 1 aromatic carbocycles. The number of fused-ring (bicyclic) bond motifs is 1. The third-order valence-electron chi connectivity index (χ3n) is 2.30. The van der Waals surface area contributed by atoms with Crippen molar-refractivity contribution in [3.05, 3.63) is 35.5 Å². The molecule has 0 saturated carbocycles. The van der Waals surface area contributed by atoms with Crippen LogP contribution in [0.4, 0.5) is 5.69 Å². The van der Waals surface area contributed by atoms with E-state index in [1.807, 2.05) is 31.3 Å². The van der Waals surface area contributed by atoms with Gasteiger partial charge in [0.2, 0.25) is 0 Å². The number of nitrogens with zero attached hydrogens (tertiary/aromatic N) is 1. The fourth-order valence-electron chi connectivity index (χ4n) is 1.54. The van der Waals surface area contributed by atoms with E-state index in [1.165, 1.54) is 0 Å². The number of hydrogen-bond acceptors (Lipinski definition) is 3. The fraction of sp³-hybridized carbons (Fsp3) is 0.200. The third-order valence-corrected chi connectivity index (χ3v) is 2.30. The molecular formula is C10H12N2O. The van der Waals surface area contributed by atoms with Gasteiger partial charge < -0.3 is 15.7 Å². The van der Waals surface area contributed by atoms with Crippen LogP contribution in [0, 0.1) is 0 Å². The van der Waals surface area contributed by atoms with E-state index in [0.717, 1.165) is 11.3 Å². The van der Waals surface area contributed by atoms with Crippen LogP contribution in [0.25, 0.3) is 6.08 Å². The summed E-state index contributed by atoms with van der Waals surface area (Å²) < 4.78 is 0. The van der Waals surface area contributed by atoms with Gasteiger partial charge in [0.15, 0.2) is 6.23 Å². The van der Waals surface area contributed by atoms with Gasteiger partial charge in [-0.05, 0) is 17.7 Å². The van der Waals surface area contributed by atoms with E-state index in [4.69, 9.17) is 5.73 Å². The van der Waals surface area contributed by atoms with Gasteiger partial charge in [-0.1, -0.05) is 18.2 Å². The summed E-state index contributed by atoms with van der Waals surface area (Å²) in [7, 11) is 1.82. The van der Waals surface area contributed by atoms with E-state index < -0.39 is 6.23 Å². The topological polar surface area (TPSA) is 49.5 Å². The summed E-state index contributed by atoms with van der Waals surface area (Å²) in [6.07, 6.45) is 1.11. The highest BCUT2D eigenvalue weighted by atomic mass is 16.3. The van der Waals surface area contributed by atoms with Crippen LogP contribution in [-0.4, -0.2) is 18.4 Å². The van der Waals surface area contributed by atoms with Gasteiger partial charge in [0.25, 0.3) is 0 Å². The maximum atomic E-state index is 9.63. The normalized spacial score (nSPS) is 20.9. The molecule has 68 valence electrons. The van der Waals surface area contributed by atoms with Gasteiger partial charge in [-0.3, -0.25) is 0 Å². The molecule has 1 atom stereocenters. The van der Waals surface area contributed by atoms with Gasteiger partial charge in [-0.15, -0.1) is 0 Å². The van der Waals surface area contributed by atoms with Crippen LogP contribution in [0.15, 0.2) is 30.0 Å². The first-order valence-electron chi connectivity index (χ1n) is 4.17. The van der Waals surface area contributed by atoms with Crippen LogP contribution < -0.4 is 10.6 Å². The number of likely N-dealkylation sites (N-methyl/N-ethyl adjacent to an activating group) is 1. The lowest BCUT2D eigenvalue weighted by Crippen LogP contribution is -2.38. The zero-order chi connectivity index (χ0) is 9.42. The second-order valence-corrected chi connectivity index (χ2v) is 3.19. The van der Waals surface area contributed by atoms with E-state index in [9.17, 15) is 5.11 Å². The van der Waals surface area contributed by atoms with Crippen molar-refractivity contribution >= 4 is 11.8 Å². The predicted molar refractivity (Wildman–Crippen MR) is 53.0 cm³/mol. The van der Waals surface area contributed by atoms with Crippen molar-refractivity contribution < 1.29 is 5.11 Å². The molecule has 1 aliphatic heterocycles. The molecule has 3 heteroatoms. The Morgan fingerprint density at radius 3 is 2.85 bits per heavy atom. The van der Waals surface area contributed by atoms with Gasteiger partial charge in [0.1, 0.15) is 0 Å². The number of nitrogens with two attached hydrogens (primary N) is 1. The van der Waals surface area contributed by atoms with Gasteiger partial charge >= 0.3 is 0 Å². The van der Waals surface area contributed by atoms with Crippen molar-refractivity contribution in [1.29, 1.82) is 0 Å². The Labute approximate surface area is 77.1 Å². The van der Waals surface area contributed by atoms with Crippen molar-refractivity contribution in [2.75, 3.05) is 11.9 Å². The molecule has 3 nitrogen and oxygen atoms in total. The van der Waals surface area contributed by atoms with Gasteiger partial charge in [0, 0.05) is 12.7 Å². The number of aliphatic hydroxyl groups is 1. The summed E-state index contributed by atoms with van der Waals surface area (Å²) in [5.74, 6) is 0. The molecule has 3 N–H and O–H groups in total. The minimum absolute atomic E-state index is 0.487. The first-order valence-corrected chi connectivity index (χ1v) is 4.17. The molecule has 0 amide bonds. The Kier molecular flexibility index (Phi) is 1.74. The number of benzene rings is 1. The predicted octanol–water partition coefficient (Wildman–Crippen LogP) is 0.754. The number of para-hydroxylation sites is 1. The summed E-state index contributed by atoms with van der Waals surface area (Å²) in [4.78, 5) is 1.75. The van der Waals surface area contributed by atoms with Crippen molar-refractivity contribution in [3.8, 4) is 0 Å². The van der Waals surface area contributed by atoms with E-state index in [0.29, 0.717) is 5.70 Å². The zero-order valence-electron chi connectivity index (χ0n) is 7.44. The molecule has 2 rings (SSSR count). The Morgan fingerprint density at radius 1 is 1.38 bits per heavy atom. The molecule has 0 bridgehead atoms. The molecule has 0 saturated heterocycles. The fourth-order valence-corrected chi connectivity index (χ4v) is 1.54. The van der Waals surface area contributed by atoms with Crippen molar-refractivity contribution in [2.24, 2.45) is 5.73 Å². The molecule has 1 unspecified atom stereocenters. The lowest BCUT2D eigenvalue weighted by atomic mass is 10.1. The molecule has 0 spiro atoms. The summed E-state index contributed by atoms with van der Waals surface area (Å²) in [6, 6.07) is 7.83. The average molecular weight is 176 g/mol. The molecular weight excluding hydrogens is 164 g/mol. The van der Waals surface area contributed by atoms with E-state index in [2.05, 4.69) is 0 Å². The monoisotopic (exact) mass is 176 g/mol. The van der Waals surface area contributed by atoms with Crippen LogP contribution in [0.3, 0.4) is 0 Å². The number of hydrogen-bond donors (Lipinski definition) is 2. The van der Waals surface area contributed by atoms with Crippen LogP contribution >= 0.6 is 0 Å². The highest BCUT2D eigenvalue weighted by Gasteiger charge is 2.20. The van der Waals surface area contributed by atoms with E-state index in [-0.39, 0.29) is 0 Å². The lowest BCUT2D eigenvalue weighted by Gasteiger charge is -2.31. The maximum absolute atomic E-state index is 9.63. The Balaban J connectivity index is 2.56. The summed E-state index contributed by atoms with van der Waals surface area (Å²) in [6.45, 7) is 0. The maximum Gasteiger partial charge on any atom is 0.167 e. The van der Waals surface area contributed by atoms with Gasteiger partial charge in [0.05, 0.1) is 5.70 Å². The first-order chi connectivity index (χ1) is 6.20. The number of aliphatic hydroxyl groups excluding tert-OH is 1. The highest BCUT2D eigenvalue weighted by molar-refractivity contribution is 5.73. The second-order valence-electron chi connectivity index (χ2n) is 3.19. The Morgan fingerprint density at radius 2 is 2.08 bits per heavy atom. The minimum Gasteiger partial charge on any atom is -0.398 e. The third kappa shape index (κ3) is 1.17. The molecule has 0 aromatic heterocycles. The Hall–Kier alpha value is -1.48. The largest absolute Gasteiger partial charge is 0.398 e. The van der Waals surface area contributed by atoms with Gasteiger partial charge in [-0.25, -0.2) is 0 Å². The minimum atomic E-state index is -0.699. The average Bonchev–Trinajstić information content (AvgIpc) is 2.15. The molecule has 1 aliphatic rings. The van der Waals surface area contributed by atoms with Crippen LogP contribution in [0.1, 0.15) is 5.56 Å².